The molecule has 0 aromatic heterocycles. The number of hydrogen-bond donors (Lipinski definition) is 0. The van der Waals surface area contributed by atoms with E-state index in [9.17, 15) is 9.59 Å². The molecule has 0 bridgehead atoms. The molecule has 1 aromatic rings. The predicted octanol–water partition coefficient (Wildman–Crippen LogP) is 3.86. The number of nitrogens with zero attached hydrogens (tertiary/aromatic N) is 1. The van der Waals surface area contributed by atoms with Gasteiger partial charge in [-0.1, -0.05) is 12.8 Å². The number of benzene rings is 1. The van der Waals surface area contributed by atoms with Crippen LogP contribution in [-0.2, 0) is 4.79 Å². The Kier molecular flexibility index (Phi) is 6.99. The molecule has 20 heavy (non-hydrogen) atoms. The molecular formula is C17H25NO2. The monoisotopic (exact) mass is 275 g/mol. The molecule has 0 heterocycles. The quantitative estimate of drug-likeness (QED) is 0.507. The number of Topliss-reactive ketones (excluding diaryl/α,β-unsaturated/α-hetero) is 2. The average molecular weight is 275 g/mol. The van der Waals surface area contributed by atoms with Gasteiger partial charge in [-0.2, -0.15) is 0 Å². The van der Waals surface area contributed by atoms with Crippen molar-refractivity contribution in [2.45, 2.75) is 45.4 Å². The Morgan fingerprint density at radius 3 is 1.95 bits per heavy atom. The molecule has 0 unspecified atom stereocenters. The first-order chi connectivity index (χ1) is 9.50. The van der Waals surface area contributed by atoms with Crippen LogP contribution in [0.5, 0.6) is 0 Å². The zero-order valence-corrected chi connectivity index (χ0v) is 12.8. The van der Waals surface area contributed by atoms with Gasteiger partial charge in [-0.25, -0.2) is 0 Å². The van der Waals surface area contributed by atoms with E-state index < -0.39 is 0 Å². The molecule has 0 aliphatic carbocycles. The lowest BCUT2D eigenvalue weighted by Crippen LogP contribution is -2.08. The largest absolute Gasteiger partial charge is 0.378 e. The van der Waals surface area contributed by atoms with Crippen LogP contribution in [-0.4, -0.2) is 25.7 Å². The smallest absolute Gasteiger partial charge is 0.162 e. The highest BCUT2D eigenvalue weighted by molar-refractivity contribution is 5.96. The normalized spacial score (nSPS) is 10.3. The van der Waals surface area contributed by atoms with Crippen molar-refractivity contribution >= 4 is 17.3 Å². The van der Waals surface area contributed by atoms with Gasteiger partial charge >= 0.3 is 0 Å². The van der Waals surface area contributed by atoms with Gasteiger partial charge in [0, 0.05) is 38.2 Å². The highest BCUT2D eigenvalue weighted by atomic mass is 16.1. The molecule has 0 fully saturated rings. The molecule has 0 N–H and O–H groups in total. The number of carbonyl (C=O) groups excluding carboxylic acids is 2. The first kappa shape index (κ1) is 16.4. The Morgan fingerprint density at radius 2 is 1.45 bits per heavy atom. The first-order valence-corrected chi connectivity index (χ1v) is 7.30. The summed E-state index contributed by atoms with van der Waals surface area (Å²) in [7, 11) is 3.97. The second-order valence-electron chi connectivity index (χ2n) is 5.48. The van der Waals surface area contributed by atoms with Crippen molar-refractivity contribution in [3.05, 3.63) is 29.8 Å². The van der Waals surface area contributed by atoms with Crippen molar-refractivity contribution in [2.75, 3.05) is 19.0 Å². The van der Waals surface area contributed by atoms with Crippen LogP contribution in [0.1, 0.15) is 55.8 Å². The van der Waals surface area contributed by atoms with Crippen molar-refractivity contribution in [3.8, 4) is 0 Å². The standard InChI is InChI=1S/C17H25NO2/c1-14(19)8-6-4-5-7-9-17(20)15-10-12-16(13-11-15)18(2)3/h10-13H,4-9H2,1-3H3. The minimum atomic E-state index is 0.210. The summed E-state index contributed by atoms with van der Waals surface area (Å²) >= 11 is 0. The lowest BCUT2D eigenvalue weighted by molar-refractivity contribution is -0.117. The number of carbonyl (C=O) groups is 2. The molecule has 0 spiro atoms. The Labute approximate surface area is 122 Å². The number of ketones is 2. The molecule has 110 valence electrons. The van der Waals surface area contributed by atoms with Crippen LogP contribution < -0.4 is 4.90 Å². The minimum absolute atomic E-state index is 0.210. The van der Waals surface area contributed by atoms with Crippen LogP contribution in [0.3, 0.4) is 0 Å². The molecule has 3 nitrogen and oxygen atoms in total. The molecule has 1 rings (SSSR count). The first-order valence-electron chi connectivity index (χ1n) is 7.30. The second-order valence-corrected chi connectivity index (χ2v) is 5.48. The van der Waals surface area contributed by atoms with Crippen molar-refractivity contribution in [1.29, 1.82) is 0 Å². The number of anilines is 1. The van der Waals surface area contributed by atoms with Gasteiger partial charge in [0.25, 0.3) is 0 Å². The fourth-order valence-corrected chi connectivity index (χ4v) is 2.10. The van der Waals surface area contributed by atoms with Crippen molar-refractivity contribution in [1.82, 2.24) is 0 Å². The molecule has 0 saturated carbocycles. The highest BCUT2D eigenvalue weighted by Crippen LogP contribution is 2.15. The third-order valence-corrected chi connectivity index (χ3v) is 3.39. The number of rotatable bonds is 9. The summed E-state index contributed by atoms with van der Waals surface area (Å²) in [6.45, 7) is 1.63. The summed E-state index contributed by atoms with van der Waals surface area (Å²) in [6, 6.07) is 7.74. The maximum Gasteiger partial charge on any atom is 0.162 e. The fraction of sp³-hybridized carbons (Fsp3) is 0.529. The Bertz CT molecular complexity index is 435. The molecule has 0 amide bonds. The molecule has 1 aromatic carbocycles. The topological polar surface area (TPSA) is 37.4 Å². The maximum absolute atomic E-state index is 12.0. The van der Waals surface area contributed by atoms with E-state index in [2.05, 4.69) is 0 Å². The fourth-order valence-electron chi connectivity index (χ4n) is 2.10. The zero-order valence-electron chi connectivity index (χ0n) is 12.8. The van der Waals surface area contributed by atoms with Gasteiger partial charge in [-0.15, -0.1) is 0 Å². The third-order valence-electron chi connectivity index (χ3n) is 3.39. The summed E-state index contributed by atoms with van der Waals surface area (Å²) < 4.78 is 0. The van der Waals surface area contributed by atoms with Crippen molar-refractivity contribution in [3.63, 3.8) is 0 Å². The van der Waals surface area contributed by atoms with Gasteiger partial charge in [0.1, 0.15) is 5.78 Å². The molecule has 0 aliphatic rings. The zero-order chi connectivity index (χ0) is 15.0. The summed E-state index contributed by atoms with van der Waals surface area (Å²) in [6.07, 6.45) is 5.18. The van der Waals surface area contributed by atoms with Crippen molar-refractivity contribution in [2.24, 2.45) is 0 Å². The summed E-state index contributed by atoms with van der Waals surface area (Å²) in [4.78, 5) is 24.8. The van der Waals surface area contributed by atoms with E-state index in [0.717, 1.165) is 36.9 Å². The van der Waals surface area contributed by atoms with E-state index in [1.807, 2.05) is 43.3 Å². The number of unbranched alkanes of at least 4 members (excludes halogenated alkanes) is 3. The molecule has 0 atom stereocenters. The van der Waals surface area contributed by atoms with E-state index in [-0.39, 0.29) is 11.6 Å². The number of hydrogen-bond acceptors (Lipinski definition) is 3. The maximum atomic E-state index is 12.0. The SMILES string of the molecule is CC(=O)CCCCCCC(=O)c1ccc(N(C)C)cc1. The van der Waals surface area contributed by atoms with Crippen LogP contribution in [0.2, 0.25) is 0 Å². The van der Waals surface area contributed by atoms with E-state index >= 15 is 0 Å². The van der Waals surface area contributed by atoms with Crippen LogP contribution in [0.25, 0.3) is 0 Å². The van der Waals surface area contributed by atoms with Crippen LogP contribution in [0.15, 0.2) is 24.3 Å². The molecule has 0 saturated heterocycles. The summed E-state index contributed by atoms with van der Waals surface area (Å²) in [5.74, 6) is 0.462. The lowest BCUT2D eigenvalue weighted by atomic mass is 10.0. The van der Waals surface area contributed by atoms with Gasteiger partial charge in [0.05, 0.1) is 0 Å². The lowest BCUT2D eigenvalue weighted by Gasteiger charge is -2.12. The molecule has 0 radical (unpaired) electrons. The van der Waals surface area contributed by atoms with E-state index in [1.165, 1.54) is 0 Å². The van der Waals surface area contributed by atoms with Crippen LogP contribution >= 0.6 is 0 Å². The Balaban J connectivity index is 2.27. The predicted molar refractivity (Wildman–Crippen MR) is 83.5 cm³/mol. The van der Waals surface area contributed by atoms with E-state index in [1.54, 1.807) is 6.92 Å². The molecule has 0 aliphatic heterocycles. The van der Waals surface area contributed by atoms with Gasteiger partial charge in [0.2, 0.25) is 0 Å². The van der Waals surface area contributed by atoms with Gasteiger partial charge in [-0.05, 0) is 44.0 Å². The third kappa shape index (κ3) is 6.00. The van der Waals surface area contributed by atoms with Gasteiger partial charge in [0.15, 0.2) is 5.78 Å². The van der Waals surface area contributed by atoms with E-state index in [0.29, 0.717) is 12.8 Å². The molecule has 3 heteroatoms. The Hall–Kier alpha value is -1.64. The van der Waals surface area contributed by atoms with E-state index in [4.69, 9.17) is 0 Å². The average Bonchev–Trinajstić information content (AvgIpc) is 2.42. The van der Waals surface area contributed by atoms with Crippen LogP contribution in [0.4, 0.5) is 5.69 Å². The summed E-state index contributed by atoms with van der Waals surface area (Å²) in [5.41, 5.74) is 1.89. The van der Waals surface area contributed by atoms with Crippen molar-refractivity contribution < 1.29 is 9.59 Å². The van der Waals surface area contributed by atoms with Gasteiger partial charge < -0.3 is 9.69 Å². The highest BCUT2D eigenvalue weighted by Gasteiger charge is 2.06. The van der Waals surface area contributed by atoms with Gasteiger partial charge in [-0.3, -0.25) is 4.79 Å². The molecular weight excluding hydrogens is 250 g/mol. The second kappa shape index (κ2) is 8.51. The van der Waals surface area contributed by atoms with Crippen LogP contribution in [0, 0.1) is 0 Å². The Morgan fingerprint density at radius 1 is 0.900 bits per heavy atom. The summed E-state index contributed by atoms with van der Waals surface area (Å²) in [5, 5.41) is 0. The minimum Gasteiger partial charge on any atom is -0.378 e.